The molecule has 0 aliphatic heterocycles. The molecule has 102 valence electrons. The first-order valence-corrected chi connectivity index (χ1v) is 5.71. The van der Waals surface area contributed by atoms with Crippen molar-refractivity contribution in [1.82, 2.24) is 14.4 Å². The summed E-state index contributed by atoms with van der Waals surface area (Å²) in [5.74, 6) is -0.523. The van der Waals surface area contributed by atoms with E-state index in [0.717, 1.165) is 6.07 Å². The number of halogens is 3. The van der Waals surface area contributed by atoms with Crippen LogP contribution in [0, 0.1) is 0 Å². The van der Waals surface area contributed by atoms with Gasteiger partial charge in [0, 0.05) is 35.9 Å². The van der Waals surface area contributed by atoms with Crippen molar-refractivity contribution in [2.24, 2.45) is 0 Å². The number of fused-ring (bicyclic) bond motifs is 1. The van der Waals surface area contributed by atoms with Gasteiger partial charge in [-0.1, -0.05) is 0 Å². The van der Waals surface area contributed by atoms with Crippen molar-refractivity contribution in [2.75, 3.05) is 5.73 Å². The third-order valence-corrected chi connectivity index (χ3v) is 2.95. The molecule has 3 heterocycles. The quantitative estimate of drug-likeness (QED) is 0.744. The van der Waals surface area contributed by atoms with Crippen molar-refractivity contribution < 1.29 is 13.2 Å². The fraction of sp³-hybridized carbons (Fsp3) is 0.0769. The maximum absolute atomic E-state index is 12.8. The van der Waals surface area contributed by atoms with E-state index in [0.29, 0.717) is 16.8 Å². The first-order valence-electron chi connectivity index (χ1n) is 5.71. The second-order valence-corrected chi connectivity index (χ2v) is 4.27. The summed E-state index contributed by atoms with van der Waals surface area (Å²) in [5.41, 5.74) is 6.02. The van der Waals surface area contributed by atoms with Gasteiger partial charge in [-0.2, -0.15) is 13.2 Å². The van der Waals surface area contributed by atoms with E-state index in [-0.39, 0.29) is 0 Å². The second kappa shape index (κ2) is 4.22. The molecule has 0 spiro atoms. The van der Waals surface area contributed by atoms with E-state index in [1.54, 1.807) is 35.1 Å². The van der Waals surface area contributed by atoms with Gasteiger partial charge in [0.1, 0.15) is 11.5 Å². The van der Waals surface area contributed by atoms with Crippen LogP contribution < -0.4 is 5.73 Å². The Morgan fingerprint density at radius 3 is 2.65 bits per heavy atom. The highest BCUT2D eigenvalue weighted by Crippen LogP contribution is 2.35. The van der Waals surface area contributed by atoms with Gasteiger partial charge in [-0.05, 0) is 18.2 Å². The summed E-state index contributed by atoms with van der Waals surface area (Å²) < 4.78 is 40.2. The minimum Gasteiger partial charge on any atom is -0.383 e. The molecular formula is C13H9F3N4. The van der Waals surface area contributed by atoms with Gasteiger partial charge >= 0.3 is 6.18 Å². The first-order chi connectivity index (χ1) is 9.45. The Labute approximate surface area is 111 Å². The Morgan fingerprint density at radius 2 is 1.90 bits per heavy atom. The Balaban J connectivity index is 2.14. The highest BCUT2D eigenvalue weighted by atomic mass is 19.4. The van der Waals surface area contributed by atoms with Gasteiger partial charge in [0.05, 0.1) is 5.56 Å². The van der Waals surface area contributed by atoms with Crippen molar-refractivity contribution >= 4 is 11.5 Å². The van der Waals surface area contributed by atoms with Crippen LogP contribution in [-0.4, -0.2) is 14.4 Å². The standard InChI is InChI=1S/C13H9F3N4/c14-13(15,16)10-5-9(6-19-12(10)17)8-1-2-11-18-3-4-20(11)7-8/h1-7H,(H2,17,19). The lowest BCUT2D eigenvalue weighted by atomic mass is 10.1. The van der Waals surface area contributed by atoms with E-state index in [1.807, 2.05) is 0 Å². The normalized spacial score (nSPS) is 11.9. The minimum absolute atomic E-state index is 0.349. The van der Waals surface area contributed by atoms with Crippen LogP contribution in [0.2, 0.25) is 0 Å². The van der Waals surface area contributed by atoms with E-state index in [1.165, 1.54) is 6.20 Å². The average molecular weight is 278 g/mol. The smallest absolute Gasteiger partial charge is 0.383 e. The van der Waals surface area contributed by atoms with Gasteiger partial charge in [0.25, 0.3) is 0 Å². The number of anilines is 1. The predicted octanol–water partition coefficient (Wildman–Crippen LogP) is 3.00. The zero-order chi connectivity index (χ0) is 14.3. The zero-order valence-corrected chi connectivity index (χ0v) is 10.1. The van der Waals surface area contributed by atoms with E-state index in [9.17, 15) is 13.2 Å². The molecule has 0 aliphatic carbocycles. The lowest BCUT2D eigenvalue weighted by Crippen LogP contribution is -2.10. The Bertz CT molecular complexity index is 777. The van der Waals surface area contributed by atoms with Crippen LogP contribution in [0.1, 0.15) is 5.56 Å². The van der Waals surface area contributed by atoms with E-state index < -0.39 is 17.6 Å². The van der Waals surface area contributed by atoms with Crippen LogP contribution >= 0.6 is 0 Å². The zero-order valence-electron chi connectivity index (χ0n) is 10.1. The summed E-state index contributed by atoms with van der Waals surface area (Å²) in [6.45, 7) is 0. The molecule has 0 bridgehead atoms. The molecule has 0 aliphatic rings. The predicted molar refractivity (Wildman–Crippen MR) is 67.8 cm³/mol. The molecule has 3 aromatic heterocycles. The lowest BCUT2D eigenvalue weighted by molar-refractivity contribution is -0.137. The molecule has 3 aromatic rings. The van der Waals surface area contributed by atoms with Gasteiger partial charge in [0.15, 0.2) is 0 Å². The van der Waals surface area contributed by atoms with Crippen LogP contribution in [0.4, 0.5) is 19.0 Å². The van der Waals surface area contributed by atoms with Crippen molar-refractivity contribution in [3.05, 3.63) is 48.5 Å². The van der Waals surface area contributed by atoms with Gasteiger partial charge in [-0.25, -0.2) is 9.97 Å². The summed E-state index contributed by atoms with van der Waals surface area (Å²) in [7, 11) is 0. The van der Waals surface area contributed by atoms with E-state index in [4.69, 9.17) is 5.73 Å². The molecule has 20 heavy (non-hydrogen) atoms. The summed E-state index contributed by atoms with van der Waals surface area (Å²) >= 11 is 0. The lowest BCUT2D eigenvalue weighted by Gasteiger charge is -2.11. The van der Waals surface area contributed by atoms with Crippen molar-refractivity contribution in [3.8, 4) is 11.1 Å². The maximum atomic E-state index is 12.8. The highest BCUT2D eigenvalue weighted by molar-refractivity contribution is 5.66. The molecule has 0 radical (unpaired) electrons. The van der Waals surface area contributed by atoms with Crippen molar-refractivity contribution in [2.45, 2.75) is 6.18 Å². The summed E-state index contributed by atoms with van der Waals surface area (Å²) in [6, 6.07) is 4.41. The van der Waals surface area contributed by atoms with Crippen LogP contribution in [0.15, 0.2) is 43.0 Å². The number of nitrogens with zero attached hydrogens (tertiary/aromatic N) is 3. The number of hydrogen-bond donors (Lipinski definition) is 1. The highest BCUT2D eigenvalue weighted by Gasteiger charge is 2.34. The fourth-order valence-electron chi connectivity index (χ4n) is 1.95. The number of nitrogens with two attached hydrogens (primary N) is 1. The second-order valence-electron chi connectivity index (χ2n) is 4.27. The van der Waals surface area contributed by atoms with Crippen LogP contribution in [-0.2, 0) is 6.18 Å². The number of pyridine rings is 2. The van der Waals surface area contributed by atoms with Gasteiger partial charge in [-0.15, -0.1) is 0 Å². The van der Waals surface area contributed by atoms with Gasteiger partial charge < -0.3 is 10.1 Å². The number of nitrogen functional groups attached to an aromatic ring is 1. The van der Waals surface area contributed by atoms with Crippen molar-refractivity contribution in [1.29, 1.82) is 0 Å². The van der Waals surface area contributed by atoms with Crippen molar-refractivity contribution in [3.63, 3.8) is 0 Å². The fourth-order valence-corrected chi connectivity index (χ4v) is 1.95. The largest absolute Gasteiger partial charge is 0.419 e. The molecule has 4 nitrogen and oxygen atoms in total. The molecule has 2 N–H and O–H groups in total. The number of imidazole rings is 1. The Kier molecular flexibility index (Phi) is 2.63. The molecule has 0 atom stereocenters. The van der Waals surface area contributed by atoms with E-state index in [2.05, 4.69) is 9.97 Å². The molecule has 0 saturated carbocycles. The number of hydrogen-bond acceptors (Lipinski definition) is 3. The summed E-state index contributed by atoms with van der Waals surface area (Å²) in [5, 5.41) is 0. The number of alkyl halides is 3. The molecule has 0 saturated heterocycles. The SMILES string of the molecule is Nc1ncc(-c2ccc3nccn3c2)cc1C(F)(F)F. The molecule has 0 unspecified atom stereocenters. The number of aromatic nitrogens is 3. The topological polar surface area (TPSA) is 56.2 Å². The molecule has 7 heteroatoms. The monoisotopic (exact) mass is 278 g/mol. The van der Waals surface area contributed by atoms with Gasteiger partial charge in [-0.3, -0.25) is 0 Å². The molecule has 0 fully saturated rings. The maximum Gasteiger partial charge on any atom is 0.419 e. The van der Waals surface area contributed by atoms with Crippen LogP contribution in [0.25, 0.3) is 16.8 Å². The molecule has 0 amide bonds. The molecule has 3 rings (SSSR count). The third kappa shape index (κ3) is 2.07. The summed E-state index contributed by atoms with van der Waals surface area (Å²) in [6.07, 6.45) is 1.82. The number of rotatable bonds is 1. The molecular weight excluding hydrogens is 269 g/mol. The Morgan fingerprint density at radius 1 is 1.10 bits per heavy atom. The van der Waals surface area contributed by atoms with Gasteiger partial charge in [0.2, 0.25) is 0 Å². The third-order valence-electron chi connectivity index (χ3n) is 2.95. The minimum atomic E-state index is -4.52. The first kappa shape index (κ1) is 12.5. The van der Waals surface area contributed by atoms with Crippen LogP contribution in [0.5, 0.6) is 0 Å². The molecule has 0 aromatic carbocycles. The average Bonchev–Trinajstić information content (AvgIpc) is 2.85. The van der Waals surface area contributed by atoms with Crippen LogP contribution in [0.3, 0.4) is 0 Å². The summed E-state index contributed by atoms with van der Waals surface area (Å²) in [4.78, 5) is 7.69. The Hall–Kier alpha value is -2.57. The van der Waals surface area contributed by atoms with E-state index >= 15 is 0 Å².